The van der Waals surface area contributed by atoms with Gasteiger partial charge in [-0.15, -0.1) is 0 Å². The van der Waals surface area contributed by atoms with Crippen molar-refractivity contribution in [3.8, 4) is 0 Å². The molecule has 0 aliphatic carbocycles. The van der Waals surface area contributed by atoms with E-state index in [9.17, 15) is 22.8 Å². The van der Waals surface area contributed by atoms with Crippen LogP contribution in [0.2, 0.25) is 0 Å². The molecular formula is C12H14F3NO3. The van der Waals surface area contributed by atoms with Crippen molar-refractivity contribution in [2.75, 3.05) is 7.11 Å². The number of pyridine rings is 1. The minimum atomic E-state index is -4.64. The van der Waals surface area contributed by atoms with Crippen LogP contribution >= 0.6 is 0 Å². The van der Waals surface area contributed by atoms with Crippen LogP contribution in [-0.4, -0.2) is 30.2 Å². The summed E-state index contributed by atoms with van der Waals surface area (Å²) in [5.74, 6) is -0.886. The minimum Gasteiger partial charge on any atom is -0.372 e. The van der Waals surface area contributed by atoms with E-state index in [2.05, 4.69) is 9.72 Å². The Bertz CT molecular complexity index is 534. The number of Topliss-reactive ketones (excluding diaryl/α,β-unsaturated/α-hetero) is 1. The molecule has 1 aromatic rings. The van der Waals surface area contributed by atoms with Gasteiger partial charge in [0.25, 0.3) is 5.56 Å². The molecule has 1 heterocycles. The number of hydrogen-bond acceptors (Lipinski definition) is 3. The third-order valence-electron chi connectivity index (χ3n) is 2.66. The number of aromatic nitrogens is 1. The highest BCUT2D eigenvalue weighted by Crippen LogP contribution is 2.26. The smallest absolute Gasteiger partial charge is 0.372 e. The average molecular weight is 277 g/mol. The molecule has 0 aromatic carbocycles. The van der Waals surface area contributed by atoms with Crippen LogP contribution in [0.1, 0.15) is 28.0 Å². The van der Waals surface area contributed by atoms with Crippen molar-refractivity contribution in [3.05, 3.63) is 33.2 Å². The molecule has 0 aliphatic rings. The first kappa shape index (κ1) is 15.4. The maximum absolute atomic E-state index is 12.5. The van der Waals surface area contributed by atoms with Gasteiger partial charge >= 0.3 is 6.18 Å². The summed E-state index contributed by atoms with van der Waals surface area (Å²) in [5, 5.41) is 0. The predicted molar refractivity (Wildman–Crippen MR) is 62.3 cm³/mol. The Morgan fingerprint density at radius 2 is 2.00 bits per heavy atom. The zero-order valence-corrected chi connectivity index (χ0v) is 10.7. The fourth-order valence-corrected chi connectivity index (χ4v) is 1.80. The van der Waals surface area contributed by atoms with Crippen molar-refractivity contribution in [3.63, 3.8) is 0 Å². The molecule has 1 aromatic heterocycles. The number of halogens is 3. The molecule has 0 amide bonds. The van der Waals surface area contributed by atoms with E-state index < -0.39 is 30.0 Å². The third kappa shape index (κ3) is 3.66. The Hall–Kier alpha value is -1.63. The molecule has 1 atom stereocenters. The first-order valence-electron chi connectivity index (χ1n) is 5.50. The van der Waals surface area contributed by atoms with Crippen molar-refractivity contribution in [2.45, 2.75) is 32.5 Å². The van der Waals surface area contributed by atoms with Crippen LogP contribution in [0.15, 0.2) is 10.9 Å². The fraction of sp³-hybridized carbons (Fsp3) is 0.500. The fourth-order valence-electron chi connectivity index (χ4n) is 1.80. The highest BCUT2D eigenvalue weighted by Gasteiger charge is 2.41. The van der Waals surface area contributed by atoms with Gasteiger partial charge in [-0.05, 0) is 25.5 Å². The maximum Gasteiger partial charge on any atom is 0.415 e. The van der Waals surface area contributed by atoms with Gasteiger partial charge in [-0.3, -0.25) is 9.59 Å². The van der Waals surface area contributed by atoms with E-state index in [1.54, 1.807) is 6.92 Å². The molecule has 0 spiro atoms. The van der Waals surface area contributed by atoms with Crippen LogP contribution in [0.5, 0.6) is 0 Å². The Kier molecular flexibility index (Phi) is 4.52. The number of carbonyl (C=O) groups is 1. The molecule has 0 fully saturated rings. The second-order valence-electron chi connectivity index (χ2n) is 4.23. The molecule has 1 rings (SSSR count). The molecule has 0 aliphatic heterocycles. The predicted octanol–water partition coefficient (Wildman–Crippen LogP) is 2.14. The number of methoxy groups -OCH3 is 1. The molecule has 1 N–H and O–H groups in total. The van der Waals surface area contributed by atoms with Crippen LogP contribution in [0.25, 0.3) is 0 Å². The van der Waals surface area contributed by atoms with E-state index in [4.69, 9.17) is 0 Å². The number of alkyl halides is 3. The van der Waals surface area contributed by atoms with Crippen molar-refractivity contribution in [1.82, 2.24) is 4.98 Å². The van der Waals surface area contributed by atoms with E-state index in [1.807, 2.05) is 0 Å². The summed E-state index contributed by atoms with van der Waals surface area (Å²) in [6, 6.07) is 1.53. The van der Waals surface area contributed by atoms with E-state index in [1.165, 1.54) is 13.0 Å². The van der Waals surface area contributed by atoms with E-state index in [0.29, 0.717) is 11.3 Å². The van der Waals surface area contributed by atoms with E-state index >= 15 is 0 Å². The van der Waals surface area contributed by atoms with Gasteiger partial charge in [0.2, 0.25) is 0 Å². The number of hydrogen-bond donors (Lipinski definition) is 1. The summed E-state index contributed by atoms with van der Waals surface area (Å²) >= 11 is 0. The lowest BCUT2D eigenvalue weighted by molar-refractivity contribution is -0.211. The Morgan fingerprint density at radius 1 is 1.42 bits per heavy atom. The Morgan fingerprint density at radius 3 is 2.42 bits per heavy atom. The zero-order valence-electron chi connectivity index (χ0n) is 10.7. The number of nitrogens with one attached hydrogen (secondary N) is 1. The van der Waals surface area contributed by atoms with Crippen molar-refractivity contribution < 1.29 is 22.7 Å². The molecular weight excluding hydrogens is 263 g/mol. The van der Waals surface area contributed by atoms with Crippen LogP contribution in [0.4, 0.5) is 13.2 Å². The second kappa shape index (κ2) is 5.56. The van der Waals surface area contributed by atoms with Gasteiger partial charge in [-0.1, -0.05) is 0 Å². The van der Waals surface area contributed by atoms with Crippen molar-refractivity contribution >= 4 is 5.78 Å². The largest absolute Gasteiger partial charge is 0.415 e. The molecule has 7 heteroatoms. The molecule has 19 heavy (non-hydrogen) atoms. The highest BCUT2D eigenvalue weighted by molar-refractivity contribution is 5.97. The number of rotatable bonds is 4. The van der Waals surface area contributed by atoms with Gasteiger partial charge in [-0.2, -0.15) is 13.2 Å². The summed E-state index contributed by atoms with van der Waals surface area (Å²) in [4.78, 5) is 25.8. The van der Waals surface area contributed by atoms with Crippen LogP contribution in [0.3, 0.4) is 0 Å². The van der Waals surface area contributed by atoms with E-state index in [-0.39, 0.29) is 5.56 Å². The van der Waals surface area contributed by atoms with Gasteiger partial charge < -0.3 is 9.72 Å². The lowest BCUT2D eigenvalue weighted by Gasteiger charge is -2.18. The number of ketones is 1. The lowest BCUT2D eigenvalue weighted by Crippen LogP contribution is -2.34. The van der Waals surface area contributed by atoms with Gasteiger partial charge in [0.1, 0.15) is 0 Å². The van der Waals surface area contributed by atoms with Crippen molar-refractivity contribution in [2.24, 2.45) is 0 Å². The molecule has 0 saturated heterocycles. The van der Waals surface area contributed by atoms with Crippen LogP contribution in [0, 0.1) is 13.8 Å². The number of ether oxygens (including phenoxy) is 1. The third-order valence-corrected chi connectivity index (χ3v) is 2.66. The van der Waals surface area contributed by atoms with Gasteiger partial charge in [0.05, 0.1) is 5.56 Å². The number of aromatic amines is 1. The Labute approximate surface area is 107 Å². The summed E-state index contributed by atoms with van der Waals surface area (Å²) in [6.07, 6.45) is -7.76. The molecule has 106 valence electrons. The second-order valence-corrected chi connectivity index (χ2v) is 4.23. The molecule has 0 radical (unpaired) electrons. The van der Waals surface area contributed by atoms with Gasteiger partial charge in [0, 0.05) is 19.2 Å². The molecule has 1 unspecified atom stereocenters. The maximum atomic E-state index is 12.5. The van der Waals surface area contributed by atoms with Crippen LogP contribution in [-0.2, 0) is 4.74 Å². The zero-order chi connectivity index (χ0) is 14.8. The number of aryl methyl sites for hydroxylation is 2. The molecule has 4 nitrogen and oxygen atoms in total. The van der Waals surface area contributed by atoms with Crippen LogP contribution < -0.4 is 5.56 Å². The van der Waals surface area contributed by atoms with E-state index in [0.717, 1.165) is 7.11 Å². The highest BCUT2D eigenvalue weighted by atomic mass is 19.4. The van der Waals surface area contributed by atoms with Gasteiger partial charge in [-0.25, -0.2) is 0 Å². The summed E-state index contributed by atoms with van der Waals surface area (Å²) < 4.78 is 41.7. The average Bonchev–Trinajstić information content (AvgIpc) is 2.22. The number of H-pyrrole nitrogens is 1. The standard InChI is InChI=1S/C12H14F3NO3/c1-6-4-7(2)16-11(18)10(6)8(17)5-9(19-3)12(13,14)15/h4,9H,5H2,1-3H3,(H,16,18). The topological polar surface area (TPSA) is 59.2 Å². The molecule has 0 saturated carbocycles. The molecule has 0 bridgehead atoms. The summed E-state index contributed by atoms with van der Waals surface area (Å²) in [6.45, 7) is 3.13. The van der Waals surface area contributed by atoms with Gasteiger partial charge in [0.15, 0.2) is 11.9 Å². The SMILES string of the molecule is COC(CC(=O)c1c(C)cc(C)[nH]c1=O)C(F)(F)F. The normalized spacial score (nSPS) is 13.4. The lowest BCUT2D eigenvalue weighted by atomic mass is 10.0. The first-order valence-corrected chi connectivity index (χ1v) is 5.50. The first-order chi connectivity index (χ1) is 8.66. The summed E-state index contributed by atoms with van der Waals surface area (Å²) in [5.41, 5.74) is -0.0436. The Balaban J connectivity index is 3.06. The van der Waals surface area contributed by atoms with Crippen molar-refractivity contribution in [1.29, 1.82) is 0 Å². The quantitative estimate of drug-likeness (QED) is 0.858. The number of carbonyl (C=O) groups excluding carboxylic acids is 1. The summed E-state index contributed by atoms with van der Waals surface area (Å²) in [7, 11) is 0.873. The minimum absolute atomic E-state index is 0.253. The monoisotopic (exact) mass is 277 g/mol.